The molecule has 0 aliphatic carbocycles. The largest absolute Gasteiger partial charge is 0.245 e. The van der Waals surface area contributed by atoms with E-state index in [-0.39, 0.29) is 4.90 Å². The quantitative estimate of drug-likeness (QED) is 0.672. The number of hydrogen-bond donors (Lipinski definition) is 0. The van der Waals surface area contributed by atoms with Crippen molar-refractivity contribution in [1.82, 2.24) is 0 Å². The minimum atomic E-state index is -3.42. The van der Waals surface area contributed by atoms with E-state index in [4.69, 9.17) is 6.57 Å². The fourth-order valence-corrected chi connectivity index (χ4v) is 1.71. The van der Waals surface area contributed by atoms with E-state index in [0.29, 0.717) is 0 Å². The van der Waals surface area contributed by atoms with Gasteiger partial charge in [0.2, 0.25) is 0 Å². The Balaban J connectivity index is 3.11. The summed E-state index contributed by atoms with van der Waals surface area (Å²) < 4.78 is 22.7. The smallest absolute Gasteiger partial charge is 0.189 e. The van der Waals surface area contributed by atoms with Crippen molar-refractivity contribution < 1.29 is 8.42 Å². The Kier molecular flexibility index (Phi) is 2.83. The SMILES string of the molecule is [C-]#[N+]C=CS(=O)(=O)c1ccccc1. The van der Waals surface area contributed by atoms with Crippen LogP contribution in [0.2, 0.25) is 0 Å². The third-order valence-electron chi connectivity index (χ3n) is 1.39. The van der Waals surface area contributed by atoms with Gasteiger partial charge in [0.1, 0.15) is 0 Å². The fraction of sp³-hybridized carbons (Fsp3) is 0. The van der Waals surface area contributed by atoms with Crippen LogP contribution in [-0.2, 0) is 9.84 Å². The highest BCUT2D eigenvalue weighted by molar-refractivity contribution is 7.94. The lowest BCUT2D eigenvalue weighted by Gasteiger charge is -1.95. The van der Waals surface area contributed by atoms with E-state index in [0.717, 1.165) is 11.6 Å². The van der Waals surface area contributed by atoms with Gasteiger partial charge in [-0.2, -0.15) is 0 Å². The molecule has 1 aromatic rings. The maximum atomic E-state index is 11.4. The molecule has 0 aliphatic rings. The second-order valence-electron chi connectivity index (χ2n) is 2.27. The van der Waals surface area contributed by atoms with Gasteiger partial charge in [-0.25, -0.2) is 13.3 Å². The lowest BCUT2D eigenvalue weighted by molar-refractivity contribution is 0.604. The summed E-state index contributed by atoms with van der Waals surface area (Å²) in [6.45, 7) is 6.42. The van der Waals surface area contributed by atoms with Crippen molar-refractivity contribution >= 4 is 9.84 Å². The molecule has 13 heavy (non-hydrogen) atoms. The summed E-state index contributed by atoms with van der Waals surface area (Å²) >= 11 is 0. The van der Waals surface area contributed by atoms with Crippen LogP contribution in [0.4, 0.5) is 0 Å². The summed E-state index contributed by atoms with van der Waals surface area (Å²) in [6.07, 6.45) is 0.933. The van der Waals surface area contributed by atoms with Gasteiger partial charge in [-0.1, -0.05) is 18.2 Å². The molecule has 0 bridgehead atoms. The van der Waals surface area contributed by atoms with Gasteiger partial charge >= 0.3 is 0 Å². The Morgan fingerprint density at radius 3 is 2.38 bits per heavy atom. The maximum absolute atomic E-state index is 11.4. The van der Waals surface area contributed by atoms with Crippen LogP contribution in [0.5, 0.6) is 0 Å². The molecule has 0 aliphatic heterocycles. The molecule has 0 fully saturated rings. The molecule has 0 unspecified atom stereocenters. The predicted molar refractivity (Wildman–Crippen MR) is 49.4 cm³/mol. The summed E-state index contributed by atoms with van der Waals surface area (Å²) in [5, 5.41) is 0.898. The normalized spacial score (nSPS) is 11.3. The zero-order chi connectivity index (χ0) is 9.73. The van der Waals surface area contributed by atoms with Crippen LogP contribution in [0.25, 0.3) is 4.85 Å². The summed E-state index contributed by atoms with van der Waals surface area (Å²) in [6, 6.07) is 7.99. The highest BCUT2D eigenvalue weighted by Gasteiger charge is 2.07. The van der Waals surface area contributed by atoms with Crippen molar-refractivity contribution in [2.45, 2.75) is 4.90 Å². The molecule has 0 saturated heterocycles. The molecule has 4 heteroatoms. The number of nitrogens with zero attached hydrogens (tertiary/aromatic N) is 1. The first kappa shape index (κ1) is 9.49. The third-order valence-corrected chi connectivity index (χ3v) is 2.80. The molecule has 0 atom stereocenters. The summed E-state index contributed by atoms with van der Waals surface area (Å²) in [5.74, 6) is 0. The highest BCUT2D eigenvalue weighted by atomic mass is 32.2. The minimum absolute atomic E-state index is 0.204. The second-order valence-corrected chi connectivity index (χ2v) is 4.11. The number of benzene rings is 1. The van der Waals surface area contributed by atoms with Gasteiger partial charge in [0, 0.05) is 5.41 Å². The molecule has 3 nitrogen and oxygen atoms in total. The number of hydrogen-bond acceptors (Lipinski definition) is 2. The van der Waals surface area contributed by atoms with Crippen molar-refractivity contribution in [3.63, 3.8) is 0 Å². The monoisotopic (exact) mass is 193 g/mol. The van der Waals surface area contributed by atoms with Gasteiger partial charge in [0.15, 0.2) is 16.0 Å². The van der Waals surface area contributed by atoms with Crippen molar-refractivity contribution in [2.24, 2.45) is 0 Å². The van der Waals surface area contributed by atoms with E-state index in [9.17, 15) is 8.42 Å². The maximum Gasteiger partial charge on any atom is 0.189 e. The molecule has 0 radical (unpaired) electrons. The Morgan fingerprint density at radius 1 is 1.23 bits per heavy atom. The zero-order valence-corrected chi connectivity index (χ0v) is 7.53. The minimum Gasteiger partial charge on any atom is -0.245 e. The van der Waals surface area contributed by atoms with Gasteiger partial charge in [0.05, 0.1) is 11.5 Å². The van der Waals surface area contributed by atoms with Gasteiger partial charge in [-0.05, 0) is 12.1 Å². The molecular formula is C9H7NO2S. The molecule has 0 N–H and O–H groups in total. The van der Waals surface area contributed by atoms with Crippen LogP contribution in [-0.4, -0.2) is 8.42 Å². The Bertz CT molecular complexity index is 440. The van der Waals surface area contributed by atoms with E-state index in [2.05, 4.69) is 4.85 Å². The standard InChI is InChI=1S/C9H7NO2S/c1-10-7-8-13(11,12)9-5-3-2-4-6-9/h2-8H. The molecule has 0 heterocycles. The van der Waals surface area contributed by atoms with Crippen molar-refractivity contribution in [3.05, 3.63) is 53.4 Å². The van der Waals surface area contributed by atoms with Crippen molar-refractivity contribution in [1.29, 1.82) is 0 Å². The second kappa shape index (κ2) is 3.87. The predicted octanol–water partition coefficient (Wildman–Crippen LogP) is 1.85. The van der Waals surface area contributed by atoms with Crippen LogP contribution >= 0.6 is 0 Å². The Hall–Kier alpha value is -1.60. The van der Waals surface area contributed by atoms with Crippen LogP contribution in [0.1, 0.15) is 0 Å². The van der Waals surface area contributed by atoms with E-state index in [1.807, 2.05) is 0 Å². The van der Waals surface area contributed by atoms with Gasteiger partial charge in [-0.3, -0.25) is 0 Å². The summed E-state index contributed by atoms with van der Waals surface area (Å²) in [4.78, 5) is 3.04. The number of sulfone groups is 1. The summed E-state index contributed by atoms with van der Waals surface area (Å²) in [7, 11) is -3.42. The first-order chi connectivity index (χ1) is 6.17. The Morgan fingerprint density at radius 2 is 1.85 bits per heavy atom. The molecular weight excluding hydrogens is 186 g/mol. The van der Waals surface area contributed by atoms with Gasteiger partial charge in [-0.15, -0.1) is 0 Å². The lowest BCUT2D eigenvalue weighted by atomic mass is 10.4. The zero-order valence-electron chi connectivity index (χ0n) is 6.71. The molecule has 0 amide bonds. The van der Waals surface area contributed by atoms with Gasteiger partial charge < -0.3 is 0 Å². The van der Waals surface area contributed by atoms with E-state index >= 15 is 0 Å². The summed E-state index contributed by atoms with van der Waals surface area (Å²) in [5.41, 5.74) is 0. The first-order valence-corrected chi connectivity index (χ1v) is 5.05. The Labute approximate surface area is 77.1 Å². The average Bonchev–Trinajstić information content (AvgIpc) is 2.16. The van der Waals surface area contributed by atoms with Gasteiger partial charge in [0.25, 0.3) is 0 Å². The first-order valence-electron chi connectivity index (χ1n) is 3.50. The molecule has 1 rings (SSSR count). The van der Waals surface area contributed by atoms with Crippen LogP contribution < -0.4 is 0 Å². The van der Waals surface area contributed by atoms with Crippen LogP contribution in [0, 0.1) is 6.57 Å². The van der Waals surface area contributed by atoms with Crippen LogP contribution in [0.15, 0.2) is 46.8 Å². The topological polar surface area (TPSA) is 38.5 Å². The molecule has 0 saturated carbocycles. The van der Waals surface area contributed by atoms with E-state index < -0.39 is 9.84 Å². The number of rotatable bonds is 2. The molecule has 0 spiro atoms. The van der Waals surface area contributed by atoms with Crippen molar-refractivity contribution in [3.8, 4) is 0 Å². The third kappa shape index (κ3) is 2.42. The van der Waals surface area contributed by atoms with Crippen molar-refractivity contribution in [2.75, 3.05) is 0 Å². The van der Waals surface area contributed by atoms with Crippen LogP contribution in [0.3, 0.4) is 0 Å². The van der Waals surface area contributed by atoms with E-state index in [1.54, 1.807) is 18.2 Å². The molecule has 0 aromatic heterocycles. The molecule has 1 aromatic carbocycles. The average molecular weight is 193 g/mol. The molecule has 66 valence electrons. The lowest BCUT2D eigenvalue weighted by Crippen LogP contribution is -1.94. The highest BCUT2D eigenvalue weighted by Crippen LogP contribution is 2.10. The fourth-order valence-electron chi connectivity index (χ4n) is 0.799. The van der Waals surface area contributed by atoms with E-state index in [1.165, 1.54) is 12.1 Å².